The molecule has 1 unspecified atom stereocenters. The van der Waals surface area contributed by atoms with Gasteiger partial charge < -0.3 is 15.8 Å². The largest absolute Gasteiger partial charge is 0.464 e. The minimum atomic E-state index is -0.445. The molecular formula is C10H15N3O2. The van der Waals surface area contributed by atoms with Crippen LogP contribution in [0.2, 0.25) is 0 Å². The molecule has 15 heavy (non-hydrogen) atoms. The van der Waals surface area contributed by atoms with E-state index in [9.17, 15) is 4.79 Å². The second-order valence-electron chi connectivity index (χ2n) is 3.18. The molecule has 0 aromatic carbocycles. The average molecular weight is 209 g/mol. The van der Waals surface area contributed by atoms with Crippen molar-refractivity contribution in [2.45, 2.75) is 13.0 Å². The molecule has 3 N–H and O–H groups in total. The highest BCUT2D eigenvalue weighted by Gasteiger charge is 2.08. The Morgan fingerprint density at radius 1 is 1.67 bits per heavy atom. The zero-order chi connectivity index (χ0) is 11.3. The summed E-state index contributed by atoms with van der Waals surface area (Å²) in [5.41, 5.74) is 5.75. The van der Waals surface area contributed by atoms with Gasteiger partial charge in [-0.2, -0.15) is 0 Å². The molecule has 0 bridgehead atoms. The molecule has 0 saturated carbocycles. The van der Waals surface area contributed by atoms with Gasteiger partial charge in [0.1, 0.15) is 5.82 Å². The maximum atomic E-state index is 11.2. The number of methoxy groups -OCH3 is 1. The van der Waals surface area contributed by atoms with Gasteiger partial charge in [-0.25, -0.2) is 9.78 Å². The van der Waals surface area contributed by atoms with Crippen LogP contribution in [0, 0.1) is 0 Å². The molecule has 0 amide bonds. The summed E-state index contributed by atoms with van der Waals surface area (Å²) >= 11 is 0. The van der Waals surface area contributed by atoms with Crippen LogP contribution in [0.25, 0.3) is 0 Å². The van der Waals surface area contributed by atoms with Crippen LogP contribution in [-0.2, 0) is 4.74 Å². The van der Waals surface area contributed by atoms with E-state index in [0.29, 0.717) is 12.4 Å². The molecule has 0 aliphatic carbocycles. The fourth-order valence-corrected chi connectivity index (χ4v) is 1.04. The van der Waals surface area contributed by atoms with E-state index in [-0.39, 0.29) is 11.7 Å². The number of nitrogens with two attached hydrogens (primary N) is 1. The SMILES string of the molecule is COC(=O)c1cccc(NC(C)CN)n1. The zero-order valence-corrected chi connectivity index (χ0v) is 8.86. The molecule has 1 aromatic rings. The molecule has 1 rings (SSSR count). The number of rotatable bonds is 4. The molecule has 82 valence electrons. The molecule has 0 radical (unpaired) electrons. The topological polar surface area (TPSA) is 77.2 Å². The monoisotopic (exact) mass is 209 g/mol. The fourth-order valence-electron chi connectivity index (χ4n) is 1.04. The summed E-state index contributed by atoms with van der Waals surface area (Å²) in [4.78, 5) is 15.3. The minimum absolute atomic E-state index is 0.116. The third-order valence-corrected chi connectivity index (χ3v) is 1.89. The first kappa shape index (κ1) is 11.5. The number of nitrogens with zero attached hydrogens (tertiary/aromatic N) is 1. The van der Waals surface area contributed by atoms with Gasteiger partial charge in [-0.15, -0.1) is 0 Å². The molecule has 1 aromatic heterocycles. The molecular weight excluding hydrogens is 194 g/mol. The Morgan fingerprint density at radius 3 is 3.00 bits per heavy atom. The molecule has 0 fully saturated rings. The van der Waals surface area contributed by atoms with Crippen LogP contribution in [0.3, 0.4) is 0 Å². The van der Waals surface area contributed by atoms with E-state index in [1.54, 1.807) is 18.2 Å². The maximum absolute atomic E-state index is 11.2. The number of esters is 1. The van der Waals surface area contributed by atoms with Crippen LogP contribution in [0.5, 0.6) is 0 Å². The summed E-state index contributed by atoms with van der Waals surface area (Å²) in [7, 11) is 1.33. The quantitative estimate of drug-likeness (QED) is 0.711. The molecule has 0 aliphatic heterocycles. The van der Waals surface area contributed by atoms with E-state index in [2.05, 4.69) is 15.0 Å². The Hall–Kier alpha value is -1.62. The molecule has 5 nitrogen and oxygen atoms in total. The molecule has 5 heteroatoms. The molecule has 1 atom stereocenters. The Bertz CT molecular complexity index is 341. The molecule has 0 spiro atoms. The lowest BCUT2D eigenvalue weighted by molar-refractivity contribution is 0.0594. The van der Waals surface area contributed by atoms with Gasteiger partial charge >= 0.3 is 5.97 Å². The second kappa shape index (κ2) is 5.31. The van der Waals surface area contributed by atoms with Crippen molar-refractivity contribution in [2.75, 3.05) is 19.0 Å². The van der Waals surface area contributed by atoms with Gasteiger partial charge in [0.05, 0.1) is 7.11 Å². The number of nitrogens with one attached hydrogen (secondary N) is 1. The number of hydrogen-bond acceptors (Lipinski definition) is 5. The van der Waals surface area contributed by atoms with Crippen molar-refractivity contribution in [2.24, 2.45) is 5.73 Å². The van der Waals surface area contributed by atoms with E-state index >= 15 is 0 Å². The summed E-state index contributed by atoms with van der Waals surface area (Å²) in [6.07, 6.45) is 0. The Kier molecular flexibility index (Phi) is 4.05. The number of anilines is 1. The molecule has 0 aliphatic rings. The van der Waals surface area contributed by atoms with Crippen LogP contribution in [-0.4, -0.2) is 30.6 Å². The lowest BCUT2D eigenvalue weighted by Crippen LogP contribution is -2.25. The van der Waals surface area contributed by atoms with Gasteiger partial charge in [-0.3, -0.25) is 0 Å². The first-order valence-corrected chi connectivity index (χ1v) is 4.69. The fraction of sp³-hybridized carbons (Fsp3) is 0.400. The highest BCUT2D eigenvalue weighted by Crippen LogP contribution is 2.06. The number of aromatic nitrogens is 1. The third-order valence-electron chi connectivity index (χ3n) is 1.89. The van der Waals surface area contributed by atoms with Crippen molar-refractivity contribution in [3.8, 4) is 0 Å². The first-order valence-electron chi connectivity index (χ1n) is 4.69. The van der Waals surface area contributed by atoms with E-state index < -0.39 is 5.97 Å². The summed E-state index contributed by atoms with van der Waals surface area (Å²) in [5.74, 6) is 0.176. The minimum Gasteiger partial charge on any atom is -0.464 e. The van der Waals surface area contributed by atoms with Crippen LogP contribution in [0.1, 0.15) is 17.4 Å². The number of ether oxygens (including phenoxy) is 1. The molecule has 1 heterocycles. The van der Waals surface area contributed by atoms with Gasteiger partial charge in [0, 0.05) is 12.6 Å². The smallest absolute Gasteiger partial charge is 0.356 e. The van der Waals surface area contributed by atoms with Crippen molar-refractivity contribution in [1.29, 1.82) is 0 Å². The van der Waals surface area contributed by atoms with Gasteiger partial charge in [-0.1, -0.05) is 6.07 Å². The zero-order valence-electron chi connectivity index (χ0n) is 8.86. The van der Waals surface area contributed by atoms with Crippen molar-refractivity contribution in [3.63, 3.8) is 0 Å². The lowest BCUT2D eigenvalue weighted by Gasteiger charge is -2.12. The predicted octanol–water partition coefficient (Wildman–Crippen LogP) is 0.627. The highest BCUT2D eigenvalue weighted by molar-refractivity contribution is 5.87. The number of carbonyl (C=O) groups excluding carboxylic acids is 1. The highest BCUT2D eigenvalue weighted by atomic mass is 16.5. The number of carbonyl (C=O) groups is 1. The van der Waals surface area contributed by atoms with Crippen molar-refractivity contribution in [1.82, 2.24) is 4.98 Å². The summed E-state index contributed by atoms with van der Waals surface area (Å²) in [6.45, 7) is 2.44. The van der Waals surface area contributed by atoms with Crippen LogP contribution >= 0.6 is 0 Å². The third kappa shape index (κ3) is 3.21. The second-order valence-corrected chi connectivity index (χ2v) is 3.18. The van der Waals surface area contributed by atoms with Crippen molar-refractivity contribution < 1.29 is 9.53 Å². The van der Waals surface area contributed by atoms with Crippen molar-refractivity contribution in [3.05, 3.63) is 23.9 Å². The Labute approximate surface area is 88.6 Å². The van der Waals surface area contributed by atoms with Gasteiger partial charge in [-0.05, 0) is 19.1 Å². The predicted molar refractivity (Wildman–Crippen MR) is 57.7 cm³/mol. The Balaban J connectivity index is 2.78. The summed E-state index contributed by atoms with van der Waals surface area (Å²) in [5, 5.41) is 3.07. The van der Waals surface area contributed by atoms with E-state index in [1.165, 1.54) is 7.11 Å². The van der Waals surface area contributed by atoms with Gasteiger partial charge in [0.2, 0.25) is 0 Å². The Morgan fingerprint density at radius 2 is 2.40 bits per heavy atom. The van der Waals surface area contributed by atoms with Crippen LogP contribution in [0.4, 0.5) is 5.82 Å². The van der Waals surface area contributed by atoms with Gasteiger partial charge in [0.15, 0.2) is 5.69 Å². The van der Waals surface area contributed by atoms with Gasteiger partial charge in [0.25, 0.3) is 0 Å². The maximum Gasteiger partial charge on any atom is 0.356 e. The summed E-state index contributed by atoms with van der Waals surface area (Å²) < 4.78 is 4.57. The van der Waals surface area contributed by atoms with E-state index in [0.717, 1.165) is 0 Å². The summed E-state index contributed by atoms with van der Waals surface area (Å²) in [6, 6.07) is 5.23. The molecule has 0 saturated heterocycles. The van der Waals surface area contributed by atoms with Crippen LogP contribution < -0.4 is 11.1 Å². The van der Waals surface area contributed by atoms with E-state index in [4.69, 9.17) is 5.73 Å². The average Bonchev–Trinajstić information content (AvgIpc) is 2.28. The first-order chi connectivity index (χ1) is 7.17. The van der Waals surface area contributed by atoms with Crippen molar-refractivity contribution >= 4 is 11.8 Å². The number of pyridine rings is 1. The normalized spacial score (nSPS) is 11.9. The van der Waals surface area contributed by atoms with Crippen LogP contribution in [0.15, 0.2) is 18.2 Å². The number of hydrogen-bond donors (Lipinski definition) is 2. The van der Waals surface area contributed by atoms with E-state index in [1.807, 2.05) is 6.92 Å². The lowest BCUT2D eigenvalue weighted by atomic mass is 10.3. The standard InChI is InChI=1S/C10H15N3O2/c1-7(6-11)12-9-5-3-4-8(13-9)10(14)15-2/h3-5,7H,6,11H2,1-2H3,(H,12,13).